The number of carbonyl (C=O) groups is 2. The number of alkyl carbamates (subject to hydrolysis) is 1. The van der Waals surface area contributed by atoms with E-state index in [9.17, 15) is 9.59 Å². The van der Waals surface area contributed by atoms with Crippen molar-refractivity contribution in [2.75, 3.05) is 47.0 Å². The first-order chi connectivity index (χ1) is 16.1. The average molecular weight is 479 g/mol. The SMILES string of the molecule is COC(=O)C(CN1CCO[C@H](CNC(=O)OC(C)(C)C)C1)c1c(F)cnc2ccc(OC)nc12. The van der Waals surface area contributed by atoms with E-state index in [2.05, 4.69) is 15.3 Å². The second kappa shape index (κ2) is 10.9. The van der Waals surface area contributed by atoms with Gasteiger partial charge in [-0.3, -0.25) is 14.7 Å². The summed E-state index contributed by atoms with van der Waals surface area (Å²) in [6.07, 6.45) is 0.220. The quantitative estimate of drug-likeness (QED) is 0.599. The number of esters is 1. The highest BCUT2D eigenvalue weighted by atomic mass is 19.1. The molecule has 34 heavy (non-hydrogen) atoms. The van der Waals surface area contributed by atoms with Crippen LogP contribution in [-0.4, -0.2) is 85.6 Å². The summed E-state index contributed by atoms with van der Waals surface area (Å²) in [5.41, 5.74) is 0.176. The van der Waals surface area contributed by atoms with Gasteiger partial charge in [0.25, 0.3) is 0 Å². The van der Waals surface area contributed by atoms with Gasteiger partial charge in [-0.1, -0.05) is 0 Å². The monoisotopic (exact) mass is 478 g/mol. The molecule has 3 rings (SSSR count). The molecule has 3 heterocycles. The van der Waals surface area contributed by atoms with Gasteiger partial charge in [-0.2, -0.15) is 0 Å². The summed E-state index contributed by atoms with van der Waals surface area (Å²) in [5, 5.41) is 2.70. The van der Waals surface area contributed by atoms with Crippen LogP contribution in [0.5, 0.6) is 5.88 Å². The van der Waals surface area contributed by atoms with Crippen LogP contribution >= 0.6 is 0 Å². The number of fused-ring (bicyclic) bond motifs is 1. The molecule has 2 aromatic heterocycles. The molecule has 0 radical (unpaired) electrons. The summed E-state index contributed by atoms with van der Waals surface area (Å²) in [6, 6.07) is 3.28. The fourth-order valence-electron chi connectivity index (χ4n) is 3.76. The summed E-state index contributed by atoms with van der Waals surface area (Å²) < 4.78 is 36.2. The third-order valence-electron chi connectivity index (χ3n) is 5.26. The zero-order chi connectivity index (χ0) is 24.9. The van der Waals surface area contributed by atoms with Crippen LogP contribution in [0.4, 0.5) is 9.18 Å². The van der Waals surface area contributed by atoms with Crippen molar-refractivity contribution in [3.8, 4) is 5.88 Å². The Morgan fingerprint density at radius 2 is 2.09 bits per heavy atom. The molecule has 2 atom stereocenters. The number of nitrogens with one attached hydrogen (secondary N) is 1. The molecular formula is C23H31FN4O6. The number of rotatable bonds is 7. The number of carbonyl (C=O) groups excluding carboxylic acids is 2. The summed E-state index contributed by atoms with van der Waals surface area (Å²) in [5.74, 6) is -1.91. The molecule has 186 valence electrons. The van der Waals surface area contributed by atoms with Gasteiger partial charge < -0.3 is 24.3 Å². The topological polar surface area (TPSA) is 112 Å². The highest BCUT2D eigenvalue weighted by Crippen LogP contribution is 2.29. The molecule has 1 aliphatic rings. The first kappa shape index (κ1) is 25.6. The maximum absolute atomic E-state index is 15.0. The van der Waals surface area contributed by atoms with E-state index in [0.29, 0.717) is 25.2 Å². The molecule has 0 bridgehead atoms. The first-order valence-corrected chi connectivity index (χ1v) is 11.0. The molecular weight excluding hydrogens is 447 g/mol. The number of halogens is 1. The minimum absolute atomic E-state index is 0.102. The van der Waals surface area contributed by atoms with Crippen LogP contribution in [0, 0.1) is 5.82 Å². The second-order valence-electron chi connectivity index (χ2n) is 8.95. The number of aromatic nitrogens is 2. The predicted molar refractivity (Wildman–Crippen MR) is 121 cm³/mol. The van der Waals surface area contributed by atoms with Gasteiger partial charge in [0.15, 0.2) is 0 Å². The van der Waals surface area contributed by atoms with Gasteiger partial charge in [-0.25, -0.2) is 14.2 Å². The van der Waals surface area contributed by atoms with Crippen molar-refractivity contribution in [2.24, 2.45) is 0 Å². The maximum atomic E-state index is 15.0. The Morgan fingerprint density at radius 1 is 1.32 bits per heavy atom. The maximum Gasteiger partial charge on any atom is 0.407 e. The fraction of sp³-hybridized carbons (Fsp3) is 0.565. The van der Waals surface area contributed by atoms with Gasteiger partial charge in [-0.15, -0.1) is 0 Å². The van der Waals surface area contributed by atoms with Crippen LogP contribution in [0.1, 0.15) is 32.3 Å². The van der Waals surface area contributed by atoms with Gasteiger partial charge in [0.1, 0.15) is 11.4 Å². The lowest BCUT2D eigenvalue weighted by Crippen LogP contribution is -2.49. The Morgan fingerprint density at radius 3 is 2.76 bits per heavy atom. The minimum atomic E-state index is -0.951. The molecule has 0 saturated carbocycles. The van der Waals surface area contributed by atoms with Crippen molar-refractivity contribution >= 4 is 23.1 Å². The van der Waals surface area contributed by atoms with Crippen LogP contribution in [0.2, 0.25) is 0 Å². The van der Waals surface area contributed by atoms with E-state index < -0.39 is 29.4 Å². The number of ether oxygens (including phenoxy) is 4. The Hall–Kier alpha value is -3.05. The van der Waals surface area contributed by atoms with Gasteiger partial charge in [0, 0.05) is 37.8 Å². The molecule has 1 N–H and O–H groups in total. The molecule has 0 aromatic carbocycles. The number of morpholine rings is 1. The summed E-state index contributed by atoms with van der Waals surface area (Å²) in [6.45, 7) is 7.09. The summed E-state index contributed by atoms with van der Waals surface area (Å²) in [4.78, 5) is 35.1. The van der Waals surface area contributed by atoms with Crippen molar-refractivity contribution in [3.05, 3.63) is 29.7 Å². The highest BCUT2D eigenvalue weighted by molar-refractivity contribution is 5.87. The Bertz CT molecular complexity index is 1030. The van der Waals surface area contributed by atoms with E-state index >= 15 is 4.39 Å². The molecule has 1 unspecified atom stereocenters. The number of amides is 1. The molecule has 10 nitrogen and oxygen atoms in total. The van der Waals surface area contributed by atoms with Crippen LogP contribution in [0.3, 0.4) is 0 Å². The Balaban J connectivity index is 1.78. The molecule has 1 amide bonds. The highest BCUT2D eigenvalue weighted by Gasteiger charge is 2.32. The lowest BCUT2D eigenvalue weighted by atomic mass is 9.96. The third kappa shape index (κ3) is 6.51. The van der Waals surface area contributed by atoms with E-state index in [4.69, 9.17) is 18.9 Å². The lowest BCUT2D eigenvalue weighted by Gasteiger charge is -2.34. The molecule has 1 saturated heterocycles. The average Bonchev–Trinajstić information content (AvgIpc) is 2.80. The zero-order valence-corrected chi connectivity index (χ0v) is 20.1. The van der Waals surface area contributed by atoms with Crippen molar-refractivity contribution in [3.63, 3.8) is 0 Å². The largest absolute Gasteiger partial charge is 0.481 e. The first-order valence-electron chi connectivity index (χ1n) is 11.0. The number of hydrogen-bond donors (Lipinski definition) is 1. The van der Waals surface area contributed by atoms with Crippen LogP contribution in [-0.2, 0) is 19.0 Å². The van der Waals surface area contributed by atoms with Gasteiger partial charge in [-0.05, 0) is 26.8 Å². The van der Waals surface area contributed by atoms with E-state index in [1.807, 2.05) is 4.90 Å². The number of methoxy groups -OCH3 is 2. The van der Waals surface area contributed by atoms with Gasteiger partial charge in [0.05, 0.1) is 50.1 Å². The van der Waals surface area contributed by atoms with Crippen molar-refractivity contribution in [1.82, 2.24) is 20.2 Å². The van der Waals surface area contributed by atoms with Crippen LogP contribution in [0.15, 0.2) is 18.3 Å². The minimum Gasteiger partial charge on any atom is -0.481 e. The van der Waals surface area contributed by atoms with E-state index in [-0.39, 0.29) is 36.2 Å². The second-order valence-corrected chi connectivity index (χ2v) is 8.95. The predicted octanol–water partition coefficient (Wildman–Crippen LogP) is 2.26. The lowest BCUT2D eigenvalue weighted by molar-refractivity contribution is -0.143. The normalized spacial score (nSPS) is 17.8. The summed E-state index contributed by atoms with van der Waals surface area (Å²) in [7, 11) is 2.72. The molecule has 1 aliphatic heterocycles. The molecule has 2 aromatic rings. The van der Waals surface area contributed by atoms with Crippen LogP contribution in [0.25, 0.3) is 11.0 Å². The molecule has 11 heteroatoms. The van der Waals surface area contributed by atoms with Crippen molar-refractivity contribution in [1.29, 1.82) is 0 Å². The Labute approximate surface area is 197 Å². The smallest absolute Gasteiger partial charge is 0.407 e. The van der Waals surface area contributed by atoms with Gasteiger partial charge in [0.2, 0.25) is 5.88 Å². The number of hydrogen-bond acceptors (Lipinski definition) is 9. The molecule has 1 fully saturated rings. The van der Waals surface area contributed by atoms with E-state index in [1.54, 1.807) is 32.9 Å². The Kier molecular flexibility index (Phi) is 8.21. The third-order valence-corrected chi connectivity index (χ3v) is 5.26. The van der Waals surface area contributed by atoms with E-state index in [0.717, 1.165) is 6.20 Å². The van der Waals surface area contributed by atoms with Crippen molar-refractivity contribution < 1.29 is 32.9 Å². The molecule has 0 spiro atoms. The van der Waals surface area contributed by atoms with Crippen LogP contribution < -0.4 is 10.1 Å². The van der Waals surface area contributed by atoms with E-state index in [1.165, 1.54) is 14.2 Å². The zero-order valence-electron chi connectivity index (χ0n) is 20.1. The number of nitrogens with zero attached hydrogens (tertiary/aromatic N) is 3. The fourth-order valence-corrected chi connectivity index (χ4v) is 3.76. The summed E-state index contributed by atoms with van der Waals surface area (Å²) >= 11 is 0. The molecule has 0 aliphatic carbocycles. The van der Waals surface area contributed by atoms with Gasteiger partial charge >= 0.3 is 12.1 Å². The number of pyridine rings is 2. The van der Waals surface area contributed by atoms with Crippen molar-refractivity contribution in [2.45, 2.75) is 38.4 Å². The standard InChI is InChI=1S/C23H31FN4O6/c1-23(2,3)34-22(30)26-10-14-12-28(8-9-33-14)13-15(21(29)32-5)19-16(24)11-25-17-6-7-18(31-4)27-20(17)19/h6-7,11,14-15H,8-10,12-13H2,1-5H3,(H,26,30)/t14-,15?/m1/s1.